The van der Waals surface area contributed by atoms with E-state index in [-0.39, 0.29) is 57.7 Å². The summed E-state index contributed by atoms with van der Waals surface area (Å²) in [6, 6.07) is 3.13. The molecule has 1 aliphatic rings. The van der Waals surface area contributed by atoms with E-state index in [4.69, 9.17) is 23.2 Å². The minimum atomic E-state index is -1.43. The summed E-state index contributed by atoms with van der Waals surface area (Å²) in [6.45, 7) is 5.97. The number of halogens is 6. The van der Waals surface area contributed by atoms with Crippen LogP contribution in [-0.2, 0) is 16.0 Å². The van der Waals surface area contributed by atoms with Crippen molar-refractivity contribution in [3.63, 3.8) is 0 Å². The van der Waals surface area contributed by atoms with Gasteiger partial charge >= 0.3 is 5.97 Å². The van der Waals surface area contributed by atoms with Crippen LogP contribution in [0.5, 0.6) is 0 Å². The van der Waals surface area contributed by atoms with Crippen LogP contribution in [0, 0.1) is 30.3 Å². The number of benzene rings is 2. The van der Waals surface area contributed by atoms with Crippen LogP contribution in [-0.4, -0.2) is 52.3 Å². The average Bonchev–Trinajstić information content (AvgIpc) is 2.91. The third-order valence-electron chi connectivity index (χ3n) is 7.67. The van der Waals surface area contributed by atoms with Gasteiger partial charge in [-0.05, 0) is 72.7 Å². The van der Waals surface area contributed by atoms with Crippen molar-refractivity contribution in [3.05, 3.63) is 91.1 Å². The fraction of sp³-hybridized carbons (Fsp3) is 0.406. The Balaban J connectivity index is 1.72. The van der Waals surface area contributed by atoms with Gasteiger partial charge in [-0.1, -0.05) is 37.0 Å². The number of amides is 1. The standard InChI is InChI=1S/C32H33Cl2F4N3O4/c1-16(2)6-27(41-13-18(8-25(37)32(41)45)4-5-40-14-21(36)15-40)31(44)39-26(12-28(42)43)22-9-19(7-17(3)30(22)38)29-23(33)10-20(35)11-24(29)34/h7-11,13,16,21,26-27H,4-6,12,14-15H2,1-3H3,(H,39,44)(H,42,43). The molecule has 7 nitrogen and oxygen atoms in total. The van der Waals surface area contributed by atoms with Gasteiger partial charge in [0.25, 0.3) is 5.56 Å². The number of alkyl halides is 1. The number of hydrogen-bond acceptors (Lipinski definition) is 4. The van der Waals surface area contributed by atoms with E-state index < -0.39 is 59.6 Å². The van der Waals surface area contributed by atoms with Gasteiger partial charge in [-0.2, -0.15) is 0 Å². The molecule has 1 amide bonds. The van der Waals surface area contributed by atoms with Gasteiger partial charge in [-0.3, -0.25) is 19.3 Å². The molecule has 242 valence electrons. The molecular formula is C32H33Cl2F4N3O4. The molecular weight excluding hydrogens is 637 g/mol. The summed E-state index contributed by atoms with van der Waals surface area (Å²) in [5, 5.41) is 12.1. The molecule has 0 aliphatic carbocycles. The minimum absolute atomic E-state index is 0.0623. The smallest absolute Gasteiger partial charge is 0.305 e. The number of nitrogens with one attached hydrogen (secondary N) is 1. The van der Waals surface area contributed by atoms with Crippen molar-refractivity contribution in [2.24, 2.45) is 5.92 Å². The van der Waals surface area contributed by atoms with Gasteiger partial charge in [-0.15, -0.1) is 0 Å². The van der Waals surface area contributed by atoms with Crippen molar-refractivity contribution in [2.75, 3.05) is 19.6 Å². The number of carbonyl (C=O) groups is 2. The van der Waals surface area contributed by atoms with Crippen molar-refractivity contribution in [2.45, 2.75) is 58.3 Å². The first-order valence-corrected chi connectivity index (χ1v) is 15.1. The molecule has 1 aliphatic heterocycles. The van der Waals surface area contributed by atoms with E-state index >= 15 is 4.39 Å². The number of hydrogen-bond donors (Lipinski definition) is 2. The van der Waals surface area contributed by atoms with Crippen molar-refractivity contribution in [1.29, 1.82) is 0 Å². The Kier molecular flexibility index (Phi) is 11.0. The Morgan fingerprint density at radius 1 is 1.07 bits per heavy atom. The minimum Gasteiger partial charge on any atom is -0.481 e. The predicted octanol–water partition coefficient (Wildman–Crippen LogP) is 6.66. The Morgan fingerprint density at radius 2 is 1.71 bits per heavy atom. The lowest BCUT2D eigenvalue weighted by Gasteiger charge is -2.34. The number of likely N-dealkylation sites (tertiary alicyclic amines) is 1. The van der Waals surface area contributed by atoms with Gasteiger partial charge < -0.3 is 15.0 Å². The highest BCUT2D eigenvalue weighted by molar-refractivity contribution is 6.39. The van der Waals surface area contributed by atoms with Crippen LogP contribution in [0.15, 0.2) is 41.3 Å². The number of pyridine rings is 1. The molecule has 1 fully saturated rings. The summed E-state index contributed by atoms with van der Waals surface area (Å²) in [5.41, 5.74) is -0.314. The fourth-order valence-electron chi connectivity index (χ4n) is 5.45. The number of aliphatic carboxylic acids is 1. The largest absolute Gasteiger partial charge is 0.481 e. The van der Waals surface area contributed by atoms with Crippen molar-refractivity contribution in [1.82, 2.24) is 14.8 Å². The number of carboxylic acid groups (broad SMARTS) is 1. The lowest BCUT2D eigenvalue weighted by Crippen LogP contribution is -2.49. The monoisotopic (exact) mass is 669 g/mol. The molecule has 0 spiro atoms. The first-order valence-electron chi connectivity index (χ1n) is 14.4. The second kappa shape index (κ2) is 14.3. The summed E-state index contributed by atoms with van der Waals surface area (Å²) in [6.07, 6.45) is 0.104. The highest BCUT2D eigenvalue weighted by atomic mass is 35.5. The molecule has 4 rings (SSSR count). The molecule has 0 bridgehead atoms. The SMILES string of the molecule is Cc1cc(-c2c(Cl)cc(F)cc2Cl)cc(C(CC(=O)O)NC(=O)C(CC(C)C)n2cc(CCN3CC(F)C3)cc(F)c2=O)c1F. The molecule has 2 heterocycles. The number of rotatable bonds is 12. The van der Waals surface area contributed by atoms with Crippen molar-refractivity contribution in [3.8, 4) is 11.1 Å². The van der Waals surface area contributed by atoms with Gasteiger partial charge in [-0.25, -0.2) is 17.6 Å². The average molecular weight is 671 g/mol. The van der Waals surface area contributed by atoms with Crippen LogP contribution < -0.4 is 10.9 Å². The maximum absolute atomic E-state index is 15.6. The maximum Gasteiger partial charge on any atom is 0.305 e. The highest BCUT2D eigenvalue weighted by Gasteiger charge is 2.30. The molecule has 2 atom stereocenters. The predicted molar refractivity (Wildman–Crippen MR) is 164 cm³/mol. The van der Waals surface area contributed by atoms with Crippen LogP contribution in [0.4, 0.5) is 17.6 Å². The van der Waals surface area contributed by atoms with Crippen LogP contribution in [0.3, 0.4) is 0 Å². The lowest BCUT2D eigenvalue weighted by atomic mass is 9.93. The molecule has 2 unspecified atom stereocenters. The van der Waals surface area contributed by atoms with Gasteiger partial charge in [0.05, 0.1) is 22.5 Å². The van der Waals surface area contributed by atoms with E-state index in [1.54, 1.807) is 13.8 Å². The Bertz CT molecular complexity index is 1640. The first kappa shape index (κ1) is 34.5. The molecule has 0 radical (unpaired) electrons. The molecule has 1 saturated heterocycles. The van der Waals surface area contributed by atoms with Gasteiger partial charge in [0.1, 0.15) is 23.8 Å². The maximum atomic E-state index is 15.6. The van der Waals surface area contributed by atoms with E-state index in [1.807, 2.05) is 4.90 Å². The number of nitrogens with zero attached hydrogens (tertiary/aromatic N) is 2. The molecule has 2 N–H and O–H groups in total. The fourth-order valence-corrected chi connectivity index (χ4v) is 6.13. The van der Waals surface area contributed by atoms with Gasteiger partial charge in [0, 0.05) is 37.0 Å². The summed E-state index contributed by atoms with van der Waals surface area (Å²) in [7, 11) is 0. The van der Waals surface area contributed by atoms with Crippen LogP contribution in [0.2, 0.25) is 10.0 Å². The number of carbonyl (C=O) groups excluding carboxylic acids is 1. The molecule has 3 aromatic rings. The third kappa shape index (κ3) is 8.25. The Hall–Kier alpha value is -3.41. The molecule has 13 heteroatoms. The lowest BCUT2D eigenvalue weighted by molar-refractivity contribution is -0.138. The topological polar surface area (TPSA) is 91.6 Å². The molecule has 0 saturated carbocycles. The number of carboxylic acids is 1. The zero-order chi connectivity index (χ0) is 33.2. The highest BCUT2D eigenvalue weighted by Crippen LogP contribution is 2.38. The van der Waals surface area contributed by atoms with Gasteiger partial charge in [0.2, 0.25) is 5.91 Å². The Morgan fingerprint density at radius 3 is 2.29 bits per heavy atom. The Labute approximate surface area is 267 Å². The van der Waals surface area contributed by atoms with Crippen LogP contribution in [0.1, 0.15) is 55.5 Å². The summed E-state index contributed by atoms with van der Waals surface area (Å²) < 4.78 is 58.5. The van der Waals surface area contributed by atoms with Crippen LogP contribution in [0.25, 0.3) is 11.1 Å². The van der Waals surface area contributed by atoms with E-state index in [9.17, 15) is 32.7 Å². The number of aromatic nitrogens is 1. The first-order chi connectivity index (χ1) is 21.1. The zero-order valence-electron chi connectivity index (χ0n) is 24.9. The molecule has 1 aromatic heterocycles. The van der Waals surface area contributed by atoms with E-state index in [0.717, 1.165) is 22.8 Å². The molecule has 2 aromatic carbocycles. The third-order valence-corrected chi connectivity index (χ3v) is 8.26. The number of aryl methyl sites for hydroxylation is 1. The van der Waals surface area contributed by atoms with Crippen molar-refractivity contribution >= 4 is 35.1 Å². The summed E-state index contributed by atoms with van der Waals surface area (Å²) in [5.74, 6) is -4.91. The molecule has 45 heavy (non-hydrogen) atoms. The van der Waals surface area contributed by atoms with E-state index in [1.165, 1.54) is 25.3 Å². The quantitative estimate of drug-likeness (QED) is 0.210. The second-order valence-electron chi connectivity index (χ2n) is 11.8. The van der Waals surface area contributed by atoms with E-state index in [2.05, 4.69) is 5.32 Å². The van der Waals surface area contributed by atoms with Crippen LogP contribution >= 0.6 is 23.2 Å². The normalized spacial score (nSPS) is 15.2. The van der Waals surface area contributed by atoms with Gasteiger partial charge in [0.15, 0.2) is 5.82 Å². The zero-order valence-corrected chi connectivity index (χ0v) is 26.4. The summed E-state index contributed by atoms with van der Waals surface area (Å²) in [4.78, 5) is 40.5. The van der Waals surface area contributed by atoms with E-state index in [0.29, 0.717) is 18.5 Å². The summed E-state index contributed by atoms with van der Waals surface area (Å²) >= 11 is 12.5. The second-order valence-corrected chi connectivity index (χ2v) is 12.6. The van der Waals surface area contributed by atoms with Crippen molar-refractivity contribution < 1.29 is 32.3 Å².